The molecule has 0 aliphatic rings. The molecule has 5 heteroatoms. The molecule has 0 aromatic heterocycles. The molecule has 1 unspecified atom stereocenters. The van der Waals surface area contributed by atoms with E-state index in [2.05, 4.69) is 19.1 Å². The fraction of sp³-hybridized carbons (Fsp3) is 0.750. The Kier molecular flexibility index (Phi) is 16.0. The molecule has 0 radical (unpaired) electrons. The van der Waals surface area contributed by atoms with Gasteiger partial charge in [0.2, 0.25) is 6.04 Å². The lowest BCUT2D eigenvalue weighted by atomic mass is 10.1. The van der Waals surface area contributed by atoms with Crippen molar-refractivity contribution in [1.29, 1.82) is 0 Å². The number of unbranched alkanes of at least 4 members (excludes halogenated alkanes) is 7. The normalized spacial score (nSPS) is 12.8. The number of rotatable bonds is 17. The Bertz CT molecular complexity index is 405. The summed E-state index contributed by atoms with van der Waals surface area (Å²) in [7, 11) is 0. The molecule has 144 valence electrons. The van der Waals surface area contributed by atoms with Gasteiger partial charge in [0.15, 0.2) is 0 Å². The van der Waals surface area contributed by atoms with Crippen LogP contribution in [-0.2, 0) is 4.79 Å². The van der Waals surface area contributed by atoms with Gasteiger partial charge in [0, 0.05) is 24.2 Å². The highest BCUT2D eigenvalue weighted by Gasteiger charge is 2.16. The number of carbonyl (C=O) groups is 1. The van der Waals surface area contributed by atoms with E-state index in [1.807, 2.05) is 12.2 Å². The van der Waals surface area contributed by atoms with Crippen molar-refractivity contribution in [2.24, 2.45) is 0 Å². The van der Waals surface area contributed by atoms with Crippen molar-refractivity contribution in [3.05, 3.63) is 34.4 Å². The van der Waals surface area contributed by atoms with Crippen LogP contribution in [0.25, 0.3) is 0 Å². The molecule has 25 heavy (non-hydrogen) atoms. The maximum Gasteiger partial charge on any atom is 0.303 e. The molecule has 0 saturated carbocycles. The Labute approximate surface area is 152 Å². The monoisotopic (exact) mass is 353 g/mol. The average molecular weight is 354 g/mol. The second-order valence-electron chi connectivity index (χ2n) is 6.54. The average Bonchev–Trinajstić information content (AvgIpc) is 2.57. The number of nitro groups is 1. The first-order chi connectivity index (χ1) is 12.1. The van der Waals surface area contributed by atoms with Gasteiger partial charge in [-0.05, 0) is 38.5 Å². The molecule has 0 rings (SSSR count). The first-order valence-corrected chi connectivity index (χ1v) is 9.73. The number of nitrogens with zero attached hydrogens (tertiary/aromatic N) is 1. The summed E-state index contributed by atoms with van der Waals surface area (Å²) >= 11 is 0. The van der Waals surface area contributed by atoms with Crippen LogP contribution in [0.3, 0.4) is 0 Å². The first-order valence-electron chi connectivity index (χ1n) is 9.73. The molecular formula is C20H35NO4. The summed E-state index contributed by atoms with van der Waals surface area (Å²) in [5, 5.41) is 19.6. The molecule has 0 aromatic rings. The van der Waals surface area contributed by atoms with Crippen molar-refractivity contribution in [3.8, 4) is 0 Å². The van der Waals surface area contributed by atoms with Gasteiger partial charge in [-0.1, -0.05) is 56.9 Å². The molecule has 0 heterocycles. The van der Waals surface area contributed by atoms with Crippen molar-refractivity contribution in [1.82, 2.24) is 0 Å². The van der Waals surface area contributed by atoms with Crippen molar-refractivity contribution < 1.29 is 14.8 Å². The smallest absolute Gasteiger partial charge is 0.303 e. The Morgan fingerprint density at radius 1 is 0.960 bits per heavy atom. The van der Waals surface area contributed by atoms with E-state index in [1.54, 1.807) is 0 Å². The number of carboxylic acid groups (broad SMARTS) is 1. The van der Waals surface area contributed by atoms with E-state index in [0.29, 0.717) is 12.8 Å². The van der Waals surface area contributed by atoms with E-state index >= 15 is 0 Å². The molecule has 0 aromatic carbocycles. The molecule has 0 saturated heterocycles. The zero-order valence-corrected chi connectivity index (χ0v) is 15.7. The van der Waals surface area contributed by atoms with Crippen LogP contribution in [0.2, 0.25) is 0 Å². The van der Waals surface area contributed by atoms with Gasteiger partial charge in [0.1, 0.15) is 0 Å². The predicted molar refractivity (Wildman–Crippen MR) is 102 cm³/mol. The maximum atomic E-state index is 11.1. The van der Waals surface area contributed by atoms with E-state index in [1.165, 1.54) is 12.8 Å². The Hall–Kier alpha value is -1.65. The van der Waals surface area contributed by atoms with Crippen molar-refractivity contribution in [2.75, 3.05) is 0 Å². The van der Waals surface area contributed by atoms with Gasteiger partial charge in [-0.3, -0.25) is 14.9 Å². The minimum absolute atomic E-state index is 0.160. The summed E-state index contributed by atoms with van der Waals surface area (Å²) in [6, 6.07) is -0.483. The minimum atomic E-state index is -0.726. The van der Waals surface area contributed by atoms with Gasteiger partial charge in [-0.2, -0.15) is 0 Å². The quantitative estimate of drug-likeness (QED) is 0.152. The number of hydrogen-bond acceptors (Lipinski definition) is 3. The van der Waals surface area contributed by atoms with Crippen LogP contribution in [-0.4, -0.2) is 22.0 Å². The van der Waals surface area contributed by atoms with Crippen molar-refractivity contribution in [3.63, 3.8) is 0 Å². The predicted octanol–water partition coefficient (Wildman–Crippen LogP) is 5.92. The van der Waals surface area contributed by atoms with Crippen LogP contribution in [0, 0.1) is 10.1 Å². The van der Waals surface area contributed by atoms with Crippen LogP contribution in [0.15, 0.2) is 24.3 Å². The third-order valence-corrected chi connectivity index (χ3v) is 4.19. The van der Waals surface area contributed by atoms with Gasteiger partial charge < -0.3 is 5.11 Å². The molecule has 0 amide bonds. The van der Waals surface area contributed by atoms with E-state index in [0.717, 1.165) is 51.4 Å². The van der Waals surface area contributed by atoms with Crippen LogP contribution in [0.1, 0.15) is 90.4 Å². The van der Waals surface area contributed by atoms with Gasteiger partial charge in [0.05, 0.1) is 0 Å². The van der Waals surface area contributed by atoms with Crippen LogP contribution < -0.4 is 0 Å². The SMILES string of the molecule is CCCCC/C=C/CC(CC/C=C/CCCCCCC(=O)O)[N+](=O)[O-]. The zero-order chi connectivity index (χ0) is 18.8. The highest BCUT2D eigenvalue weighted by atomic mass is 16.6. The highest BCUT2D eigenvalue weighted by Crippen LogP contribution is 2.10. The second kappa shape index (κ2) is 17.2. The van der Waals surface area contributed by atoms with Gasteiger partial charge >= 0.3 is 5.97 Å². The van der Waals surface area contributed by atoms with Crippen LogP contribution >= 0.6 is 0 Å². The van der Waals surface area contributed by atoms with Gasteiger partial charge in [0.25, 0.3) is 0 Å². The summed E-state index contributed by atoms with van der Waals surface area (Å²) in [6.45, 7) is 2.17. The summed E-state index contributed by atoms with van der Waals surface area (Å²) in [6.07, 6.45) is 19.6. The van der Waals surface area contributed by atoms with Gasteiger partial charge in [-0.25, -0.2) is 0 Å². The number of carboxylic acids is 1. The zero-order valence-electron chi connectivity index (χ0n) is 15.7. The van der Waals surface area contributed by atoms with Crippen LogP contribution in [0.4, 0.5) is 0 Å². The largest absolute Gasteiger partial charge is 0.481 e. The summed E-state index contributed by atoms with van der Waals surface area (Å²) < 4.78 is 0. The van der Waals surface area contributed by atoms with Crippen molar-refractivity contribution >= 4 is 5.97 Å². The van der Waals surface area contributed by atoms with Gasteiger partial charge in [-0.15, -0.1) is 0 Å². The lowest BCUT2D eigenvalue weighted by Gasteiger charge is -2.05. The third kappa shape index (κ3) is 17.0. The third-order valence-electron chi connectivity index (χ3n) is 4.19. The number of hydrogen-bond donors (Lipinski definition) is 1. The maximum absolute atomic E-state index is 11.1. The lowest BCUT2D eigenvalue weighted by molar-refractivity contribution is -0.522. The molecule has 0 bridgehead atoms. The molecule has 1 atom stereocenters. The fourth-order valence-electron chi connectivity index (χ4n) is 2.61. The van der Waals surface area contributed by atoms with E-state index < -0.39 is 12.0 Å². The van der Waals surface area contributed by atoms with E-state index in [4.69, 9.17) is 5.11 Å². The first kappa shape index (κ1) is 23.4. The number of aliphatic carboxylic acids is 1. The Morgan fingerprint density at radius 3 is 2.20 bits per heavy atom. The van der Waals surface area contributed by atoms with E-state index in [9.17, 15) is 14.9 Å². The fourth-order valence-corrected chi connectivity index (χ4v) is 2.61. The van der Waals surface area contributed by atoms with Crippen molar-refractivity contribution in [2.45, 2.75) is 96.4 Å². The molecule has 5 nitrogen and oxygen atoms in total. The summed E-state index contributed by atoms with van der Waals surface area (Å²) in [5.41, 5.74) is 0. The highest BCUT2D eigenvalue weighted by molar-refractivity contribution is 5.66. The topological polar surface area (TPSA) is 80.4 Å². The second-order valence-corrected chi connectivity index (χ2v) is 6.54. The molecule has 1 N–H and O–H groups in total. The summed E-state index contributed by atoms with van der Waals surface area (Å²) in [4.78, 5) is 21.3. The molecular weight excluding hydrogens is 318 g/mol. The standard InChI is InChI=1S/C20H35NO4/c1-2-3-4-5-10-13-16-19(21(24)25)17-14-11-8-6-7-9-12-15-18-20(22)23/h8,10-11,13,19H,2-7,9,12,14-18H2,1H3,(H,22,23)/b11-8+,13-10+. The molecule has 0 aliphatic heterocycles. The van der Waals surface area contributed by atoms with Crippen LogP contribution in [0.5, 0.6) is 0 Å². The lowest BCUT2D eigenvalue weighted by Crippen LogP contribution is -2.18. The molecule has 0 spiro atoms. The number of allylic oxidation sites excluding steroid dienone is 3. The summed E-state index contributed by atoms with van der Waals surface area (Å²) in [5.74, 6) is -0.726. The molecule has 0 fully saturated rings. The van der Waals surface area contributed by atoms with E-state index in [-0.39, 0.29) is 11.3 Å². The molecule has 0 aliphatic carbocycles. The Balaban J connectivity index is 3.71. The Morgan fingerprint density at radius 2 is 1.56 bits per heavy atom. The minimum Gasteiger partial charge on any atom is -0.481 e.